The monoisotopic (exact) mass is 335 g/mol. The van der Waals surface area contributed by atoms with Gasteiger partial charge in [0.15, 0.2) is 5.78 Å². The van der Waals surface area contributed by atoms with E-state index >= 15 is 0 Å². The van der Waals surface area contributed by atoms with Gasteiger partial charge in [0.25, 0.3) is 10.0 Å². The van der Waals surface area contributed by atoms with E-state index in [1.807, 2.05) is 6.08 Å². The predicted octanol–water partition coefficient (Wildman–Crippen LogP) is 3.10. The summed E-state index contributed by atoms with van der Waals surface area (Å²) in [5, 5.41) is 0.647. The number of allylic oxidation sites excluding steroid dienone is 4. The van der Waals surface area contributed by atoms with E-state index in [0.29, 0.717) is 23.6 Å². The minimum Gasteiger partial charge on any atom is -0.295 e. The third-order valence-electron chi connectivity index (χ3n) is 3.92. The van der Waals surface area contributed by atoms with Crippen molar-refractivity contribution in [2.45, 2.75) is 17.7 Å². The number of benzene rings is 1. The number of carbonyl (C=O) groups excluding carboxylic acids is 1. The Morgan fingerprint density at radius 3 is 2.55 bits per heavy atom. The van der Waals surface area contributed by atoms with E-state index in [0.717, 1.165) is 0 Å². The van der Waals surface area contributed by atoms with E-state index in [1.165, 1.54) is 24.3 Å². The second-order valence-electron chi connectivity index (χ2n) is 5.34. The lowest BCUT2D eigenvalue weighted by Gasteiger charge is -2.30. The topological polar surface area (TPSA) is 63.6 Å². The molecular weight excluding hydrogens is 322 g/mol. The van der Waals surface area contributed by atoms with Gasteiger partial charge in [0.05, 0.1) is 10.6 Å². The van der Waals surface area contributed by atoms with E-state index in [1.54, 1.807) is 18.2 Å². The molecule has 0 N–H and O–H groups in total. The molecule has 0 saturated carbocycles. The standard InChI is InChI=1S/C16H14ClNO3S/c17-11-6-7-13-14(10-11)15(8-9-16(13)19)18-22(20,21)12-4-2-1-3-5-12/h1-6,8-9,13-14H,7,10H2/b18-15-/t13-,14+/m1/s1. The van der Waals surface area contributed by atoms with Crippen molar-refractivity contribution in [2.24, 2.45) is 16.2 Å². The molecule has 0 unspecified atom stereocenters. The smallest absolute Gasteiger partial charge is 0.282 e. The summed E-state index contributed by atoms with van der Waals surface area (Å²) in [5.74, 6) is -0.535. The normalized spacial score (nSPS) is 26.7. The van der Waals surface area contributed by atoms with Crippen LogP contribution in [0, 0.1) is 11.8 Å². The highest BCUT2D eigenvalue weighted by molar-refractivity contribution is 7.90. The summed E-state index contributed by atoms with van der Waals surface area (Å²) in [7, 11) is -3.78. The number of hydrogen-bond acceptors (Lipinski definition) is 3. The summed E-state index contributed by atoms with van der Waals surface area (Å²) in [6.45, 7) is 0. The van der Waals surface area contributed by atoms with E-state index in [2.05, 4.69) is 4.40 Å². The molecule has 4 nitrogen and oxygen atoms in total. The zero-order valence-electron chi connectivity index (χ0n) is 11.6. The Labute approximate surface area is 134 Å². The van der Waals surface area contributed by atoms with Crippen molar-refractivity contribution in [3.05, 3.63) is 53.6 Å². The molecule has 2 aliphatic carbocycles. The molecule has 0 aliphatic heterocycles. The van der Waals surface area contributed by atoms with Gasteiger partial charge >= 0.3 is 0 Å². The van der Waals surface area contributed by atoms with Crippen molar-refractivity contribution in [2.75, 3.05) is 0 Å². The molecule has 0 radical (unpaired) electrons. The maximum atomic E-state index is 12.4. The van der Waals surface area contributed by atoms with Crippen LogP contribution in [0.25, 0.3) is 0 Å². The van der Waals surface area contributed by atoms with Gasteiger partial charge in [0, 0.05) is 16.9 Å². The molecule has 3 rings (SSSR count). The molecular formula is C16H14ClNO3S. The lowest BCUT2D eigenvalue weighted by molar-refractivity contribution is -0.119. The highest BCUT2D eigenvalue weighted by Gasteiger charge is 2.36. The minimum atomic E-state index is -3.78. The molecule has 0 fully saturated rings. The van der Waals surface area contributed by atoms with Gasteiger partial charge in [-0.15, -0.1) is 0 Å². The van der Waals surface area contributed by atoms with Gasteiger partial charge in [0.1, 0.15) is 0 Å². The fourth-order valence-electron chi connectivity index (χ4n) is 2.78. The Morgan fingerprint density at radius 2 is 1.82 bits per heavy atom. The Balaban J connectivity index is 2.01. The van der Waals surface area contributed by atoms with Gasteiger partial charge in [-0.2, -0.15) is 12.8 Å². The number of hydrogen-bond donors (Lipinski definition) is 0. The Bertz CT molecular complexity index is 794. The van der Waals surface area contributed by atoms with Gasteiger partial charge in [-0.3, -0.25) is 4.79 Å². The number of fused-ring (bicyclic) bond motifs is 1. The maximum Gasteiger partial charge on any atom is 0.282 e. The van der Waals surface area contributed by atoms with Gasteiger partial charge in [-0.25, -0.2) is 0 Å². The molecule has 0 heterocycles. The average molecular weight is 336 g/mol. The summed E-state index contributed by atoms with van der Waals surface area (Å²) < 4.78 is 28.7. The van der Waals surface area contributed by atoms with Crippen LogP contribution in [0.4, 0.5) is 0 Å². The molecule has 114 valence electrons. The molecule has 1 aromatic carbocycles. The van der Waals surface area contributed by atoms with Crippen LogP contribution < -0.4 is 0 Å². The molecule has 2 atom stereocenters. The molecule has 0 spiro atoms. The van der Waals surface area contributed by atoms with E-state index in [9.17, 15) is 13.2 Å². The number of nitrogens with zero attached hydrogens (tertiary/aromatic N) is 1. The number of sulfonamides is 1. The highest BCUT2D eigenvalue weighted by Crippen LogP contribution is 2.36. The molecule has 1 aromatic rings. The summed E-state index contributed by atoms with van der Waals surface area (Å²) in [4.78, 5) is 12.1. The van der Waals surface area contributed by atoms with Crippen LogP contribution in [-0.2, 0) is 14.8 Å². The lowest BCUT2D eigenvalue weighted by Crippen LogP contribution is -2.34. The van der Waals surface area contributed by atoms with E-state index < -0.39 is 10.0 Å². The Hall–Kier alpha value is -1.72. The SMILES string of the molecule is O=C1C=C/C(=N/S(=O)(=O)c2ccccc2)[C@H]2CC(Cl)=CC[C@@H]12. The van der Waals surface area contributed by atoms with Crippen LogP contribution in [0.2, 0.25) is 0 Å². The van der Waals surface area contributed by atoms with Crippen LogP contribution in [0.15, 0.2) is 62.9 Å². The van der Waals surface area contributed by atoms with Crippen LogP contribution in [-0.4, -0.2) is 19.9 Å². The first kappa shape index (κ1) is 15.2. The highest BCUT2D eigenvalue weighted by atomic mass is 35.5. The molecule has 0 saturated heterocycles. The first-order chi connectivity index (χ1) is 10.5. The molecule has 0 amide bonds. The fraction of sp³-hybridized carbons (Fsp3) is 0.250. The molecule has 0 bridgehead atoms. The second kappa shape index (κ2) is 5.82. The first-order valence-corrected chi connectivity index (χ1v) is 8.75. The molecule has 0 aromatic heterocycles. The van der Waals surface area contributed by atoms with E-state index in [-0.39, 0.29) is 22.5 Å². The lowest BCUT2D eigenvalue weighted by atomic mass is 9.74. The van der Waals surface area contributed by atoms with Gasteiger partial charge < -0.3 is 0 Å². The van der Waals surface area contributed by atoms with Crippen LogP contribution in [0.3, 0.4) is 0 Å². The molecule has 6 heteroatoms. The minimum absolute atomic E-state index is 0.00137. The second-order valence-corrected chi connectivity index (χ2v) is 7.43. The largest absolute Gasteiger partial charge is 0.295 e. The van der Waals surface area contributed by atoms with Crippen molar-refractivity contribution in [1.29, 1.82) is 0 Å². The zero-order chi connectivity index (χ0) is 15.7. The van der Waals surface area contributed by atoms with Crippen molar-refractivity contribution >= 4 is 33.1 Å². The quantitative estimate of drug-likeness (QED) is 0.834. The van der Waals surface area contributed by atoms with Crippen molar-refractivity contribution in [3.63, 3.8) is 0 Å². The number of carbonyl (C=O) groups is 1. The van der Waals surface area contributed by atoms with Gasteiger partial charge in [0.2, 0.25) is 0 Å². The maximum absolute atomic E-state index is 12.4. The third kappa shape index (κ3) is 2.91. The van der Waals surface area contributed by atoms with E-state index in [4.69, 9.17) is 11.6 Å². The summed E-state index contributed by atoms with van der Waals surface area (Å²) in [6.07, 6.45) is 5.71. The van der Waals surface area contributed by atoms with Crippen LogP contribution in [0.1, 0.15) is 12.8 Å². The van der Waals surface area contributed by atoms with Crippen LogP contribution >= 0.6 is 11.6 Å². The van der Waals surface area contributed by atoms with Crippen molar-refractivity contribution in [1.82, 2.24) is 0 Å². The molecule has 22 heavy (non-hydrogen) atoms. The van der Waals surface area contributed by atoms with Gasteiger partial charge in [-0.1, -0.05) is 35.9 Å². The predicted molar refractivity (Wildman–Crippen MR) is 85.4 cm³/mol. The number of halogens is 1. The van der Waals surface area contributed by atoms with Gasteiger partial charge in [-0.05, 0) is 37.1 Å². The van der Waals surface area contributed by atoms with Crippen molar-refractivity contribution < 1.29 is 13.2 Å². The number of ketones is 1. The summed E-state index contributed by atoms with van der Waals surface area (Å²) >= 11 is 6.06. The third-order valence-corrected chi connectivity index (χ3v) is 5.55. The fourth-order valence-corrected chi connectivity index (χ4v) is 4.11. The van der Waals surface area contributed by atoms with Crippen LogP contribution in [0.5, 0.6) is 0 Å². The Morgan fingerprint density at radius 1 is 1.09 bits per heavy atom. The first-order valence-electron chi connectivity index (χ1n) is 6.94. The van der Waals surface area contributed by atoms with Crippen molar-refractivity contribution in [3.8, 4) is 0 Å². The number of rotatable bonds is 2. The molecule has 2 aliphatic rings. The zero-order valence-corrected chi connectivity index (χ0v) is 13.2. The average Bonchev–Trinajstić information content (AvgIpc) is 2.51. The summed E-state index contributed by atoms with van der Waals surface area (Å²) in [6, 6.07) is 8.05. The Kier molecular flexibility index (Phi) is 4.02. The summed E-state index contributed by atoms with van der Waals surface area (Å²) in [5.41, 5.74) is 0.403.